The van der Waals surface area contributed by atoms with E-state index in [0.29, 0.717) is 18.5 Å². The number of nitrogens with zero attached hydrogens (tertiary/aromatic N) is 4. The fraction of sp³-hybridized carbons (Fsp3) is 0.158. The zero-order valence-electron chi connectivity index (χ0n) is 13.8. The first-order valence-electron chi connectivity index (χ1n) is 8.19. The number of hydrogen-bond donors (Lipinski definition) is 1. The van der Waals surface area contributed by atoms with E-state index in [9.17, 15) is 14.7 Å². The molecular weight excluding hydrogens is 332 g/mol. The molecule has 0 spiro atoms. The third kappa shape index (κ3) is 2.83. The van der Waals surface area contributed by atoms with Crippen LogP contribution in [0.5, 0.6) is 0 Å². The maximum absolute atomic E-state index is 13.0. The van der Waals surface area contributed by atoms with Gasteiger partial charge in [-0.05, 0) is 35.4 Å². The molecule has 1 aliphatic rings. The molecule has 0 bridgehead atoms. The average Bonchev–Trinajstić information content (AvgIpc) is 3.21. The van der Waals surface area contributed by atoms with Gasteiger partial charge in [0.15, 0.2) is 0 Å². The highest BCUT2D eigenvalue weighted by atomic mass is 16.4. The van der Waals surface area contributed by atoms with E-state index in [1.165, 1.54) is 4.90 Å². The summed E-state index contributed by atoms with van der Waals surface area (Å²) in [6, 6.07) is 13.7. The predicted octanol–water partition coefficient (Wildman–Crippen LogP) is 1.92. The molecule has 1 amide bonds. The lowest BCUT2D eigenvalue weighted by atomic mass is 9.93. The summed E-state index contributed by atoms with van der Waals surface area (Å²) in [6.07, 6.45) is 3.45. The number of carbonyl (C=O) groups is 2. The van der Waals surface area contributed by atoms with Gasteiger partial charge >= 0.3 is 5.97 Å². The van der Waals surface area contributed by atoms with Crippen LogP contribution in [0, 0.1) is 0 Å². The topological polar surface area (TPSA) is 88.3 Å². The second kappa shape index (κ2) is 6.44. The summed E-state index contributed by atoms with van der Waals surface area (Å²) >= 11 is 0. The van der Waals surface area contributed by atoms with Crippen LogP contribution in [0.1, 0.15) is 21.5 Å². The van der Waals surface area contributed by atoms with Gasteiger partial charge in [0.2, 0.25) is 0 Å². The number of benzene rings is 2. The highest BCUT2D eigenvalue weighted by Crippen LogP contribution is 2.25. The van der Waals surface area contributed by atoms with Crippen LogP contribution in [-0.2, 0) is 17.8 Å². The molecule has 2 heterocycles. The summed E-state index contributed by atoms with van der Waals surface area (Å²) < 4.78 is 1.73. The van der Waals surface area contributed by atoms with Crippen molar-refractivity contribution in [2.75, 3.05) is 0 Å². The van der Waals surface area contributed by atoms with E-state index in [-0.39, 0.29) is 5.91 Å². The first kappa shape index (κ1) is 16.0. The fourth-order valence-electron chi connectivity index (χ4n) is 3.23. The molecule has 1 N–H and O–H groups in total. The van der Waals surface area contributed by atoms with E-state index in [0.717, 1.165) is 16.8 Å². The summed E-state index contributed by atoms with van der Waals surface area (Å²) in [5.41, 5.74) is 3.24. The van der Waals surface area contributed by atoms with Crippen LogP contribution in [-0.4, -0.2) is 42.7 Å². The van der Waals surface area contributed by atoms with Gasteiger partial charge in [0.25, 0.3) is 5.91 Å². The van der Waals surface area contributed by atoms with Gasteiger partial charge in [-0.2, -0.15) is 0 Å². The van der Waals surface area contributed by atoms with Crippen molar-refractivity contribution >= 4 is 11.9 Å². The van der Waals surface area contributed by atoms with Crippen molar-refractivity contribution in [3.05, 3.63) is 77.9 Å². The van der Waals surface area contributed by atoms with Crippen LogP contribution in [0.2, 0.25) is 0 Å². The molecule has 130 valence electrons. The second-order valence-corrected chi connectivity index (χ2v) is 6.18. The van der Waals surface area contributed by atoms with Gasteiger partial charge in [-0.3, -0.25) is 9.36 Å². The predicted molar refractivity (Wildman–Crippen MR) is 92.8 cm³/mol. The standard InChI is InChI=1S/C19H16N4O3/c24-18(13-5-7-16(8-6-13)22-11-20-21-12-22)23-10-15-4-2-1-3-14(15)9-17(23)19(25)26/h1-8,11-12,17H,9-10H2,(H,25,26). The van der Waals surface area contributed by atoms with E-state index in [1.807, 2.05) is 24.3 Å². The van der Waals surface area contributed by atoms with E-state index in [2.05, 4.69) is 10.2 Å². The van der Waals surface area contributed by atoms with Crippen molar-refractivity contribution in [1.82, 2.24) is 19.7 Å². The molecule has 1 aromatic heterocycles. The quantitative estimate of drug-likeness (QED) is 0.781. The lowest BCUT2D eigenvalue weighted by molar-refractivity contribution is -0.142. The average molecular weight is 348 g/mol. The Kier molecular flexibility index (Phi) is 3.96. The van der Waals surface area contributed by atoms with Gasteiger partial charge in [-0.1, -0.05) is 24.3 Å². The highest BCUT2D eigenvalue weighted by molar-refractivity contribution is 5.97. The molecule has 1 atom stereocenters. The van der Waals surface area contributed by atoms with Crippen LogP contribution in [0.3, 0.4) is 0 Å². The summed E-state index contributed by atoms with van der Waals surface area (Å²) in [5.74, 6) is -1.28. The van der Waals surface area contributed by atoms with Crippen molar-refractivity contribution < 1.29 is 14.7 Å². The molecule has 0 saturated heterocycles. The Morgan fingerprint density at radius 1 is 0.962 bits per heavy atom. The molecule has 0 radical (unpaired) electrons. The van der Waals surface area contributed by atoms with Crippen LogP contribution in [0.15, 0.2) is 61.2 Å². The number of carboxylic acids is 1. The minimum atomic E-state index is -0.992. The number of rotatable bonds is 3. The number of fused-ring (bicyclic) bond motifs is 1. The monoisotopic (exact) mass is 348 g/mol. The molecular formula is C19H16N4O3. The molecule has 4 rings (SSSR count). The van der Waals surface area contributed by atoms with Crippen LogP contribution < -0.4 is 0 Å². The summed E-state index contributed by atoms with van der Waals surface area (Å²) in [7, 11) is 0. The van der Waals surface area contributed by atoms with Gasteiger partial charge < -0.3 is 10.0 Å². The Labute approximate surface area is 149 Å². The van der Waals surface area contributed by atoms with Gasteiger partial charge in [0.1, 0.15) is 18.7 Å². The molecule has 26 heavy (non-hydrogen) atoms. The Morgan fingerprint density at radius 2 is 1.62 bits per heavy atom. The normalized spacial score (nSPS) is 16.2. The largest absolute Gasteiger partial charge is 0.480 e. The fourth-order valence-corrected chi connectivity index (χ4v) is 3.23. The van der Waals surface area contributed by atoms with Crippen molar-refractivity contribution in [2.45, 2.75) is 19.0 Å². The molecule has 0 saturated carbocycles. The SMILES string of the molecule is O=C(O)C1Cc2ccccc2CN1C(=O)c1ccc(-n2cnnc2)cc1. The van der Waals surface area contributed by atoms with Crippen molar-refractivity contribution in [2.24, 2.45) is 0 Å². The van der Waals surface area contributed by atoms with E-state index in [1.54, 1.807) is 41.5 Å². The number of hydrogen-bond acceptors (Lipinski definition) is 4. The number of amides is 1. The van der Waals surface area contributed by atoms with Crippen molar-refractivity contribution in [3.8, 4) is 5.69 Å². The Morgan fingerprint density at radius 3 is 2.27 bits per heavy atom. The van der Waals surface area contributed by atoms with Crippen LogP contribution >= 0.6 is 0 Å². The van der Waals surface area contributed by atoms with Crippen molar-refractivity contribution in [1.29, 1.82) is 0 Å². The van der Waals surface area contributed by atoms with Gasteiger partial charge in [0, 0.05) is 24.2 Å². The minimum Gasteiger partial charge on any atom is -0.480 e. The zero-order valence-corrected chi connectivity index (χ0v) is 13.8. The van der Waals surface area contributed by atoms with Gasteiger partial charge in [-0.15, -0.1) is 10.2 Å². The summed E-state index contributed by atoms with van der Waals surface area (Å²) in [4.78, 5) is 26.1. The third-order valence-corrected chi connectivity index (χ3v) is 4.63. The molecule has 3 aromatic rings. The number of aliphatic carboxylic acids is 1. The Bertz CT molecular complexity index is 951. The second-order valence-electron chi connectivity index (χ2n) is 6.18. The summed E-state index contributed by atoms with van der Waals surface area (Å²) in [6.45, 7) is 0.291. The van der Waals surface area contributed by atoms with Crippen molar-refractivity contribution in [3.63, 3.8) is 0 Å². The zero-order chi connectivity index (χ0) is 18.1. The number of aromatic nitrogens is 3. The van der Waals surface area contributed by atoms with Gasteiger partial charge in [0.05, 0.1) is 0 Å². The number of carbonyl (C=O) groups excluding carboxylic acids is 1. The Hall–Kier alpha value is -3.48. The van der Waals surface area contributed by atoms with Gasteiger partial charge in [-0.25, -0.2) is 4.79 Å². The first-order chi connectivity index (χ1) is 12.6. The van der Waals surface area contributed by atoms with Crippen LogP contribution in [0.25, 0.3) is 5.69 Å². The highest BCUT2D eigenvalue weighted by Gasteiger charge is 2.34. The maximum atomic E-state index is 13.0. The molecule has 0 fully saturated rings. The molecule has 7 heteroatoms. The number of carboxylic acid groups (broad SMARTS) is 1. The molecule has 1 aliphatic heterocycles. The minimum absolute atomic E-state index is 0.290. The third-order valence-electron chi connectivity index (χ3n) is 4.63. The lowest BCUT2D eigenvalue weighted by Gasteiger charge is -2.34. The summed E-state index contributed by atoms with van der Waals surface area (Å²) in [5, 5.41) is 17.1. The smallest absolute Gasteiger partial charge is 0.326 e. The maximum Gasteiger partial charge on any atom is 0.326 e. The lowest BCUT2D eigenvalue weighted by Crippen LogP contribution is -2.48. The Balaban J connectivity index is 1.63. The molecule has 0 aliphatic carbocycles. The molecule has 2 aromatic carbocycles. The van der Waals surface area contributed by atoms with E-state index < -0.39 is 12.0 Å². The molecule has 7 nitrogen and oxygen atoms in total. The molecule has 1 unspecified atom stereocenters. The van der Waals surface area contributed by atoms with Crippen LogP contribution in [0.4, 0.5) is 0 Å². The first-order valence-corrected chi connectivity index (χ1v) is 8.19. The van der Waals surface area contributed by atoms with E-state index >= 15 is 0 Å². The van der Waals surface area contributed by atoms with E-state index in [4.69, 9.17) is 0 Å².